The third kappa shape index (κ3) is 3.72. The van der Waals surface area contributed by atoms with Crippen molar-refractivity contribution in [2.45, 2.75) is 18.9 Å². The molecule has 5 nitrogen and oxygen atoms in total. The molecule has 1 aliphatic rings. The van der Waals surface area contributed by atoms with E-state index in [0.717, 1.165) is 31.5 Å². The van der Waals surface area contributed by atoms with Crippen LogP contribution in [-0.4, -0.2) is 33.4 Å². The fraction of sp³-hybridized carbons (Fsp3) is 0.333. The van der Waals surface area contributed by atoms with Crippen LogP contribution in [0.4, 0.5) is 5.82 Å². The number of hydrogen-bond donors (Lipinski definition) is 1. The van der Waals surface area contributed by atoms with Gasteiger partial charge in [-0.05, 0) is 18.4 Å². The predicted molar refractivity (Wildman–Crippen MR) is 91.5 cm³/mol. The van der Waals surface area contributed by atoms with E-state index in [1.165, 1.54) is 0 Å². The van der Waals surface area contributed by atoms with E-state index in [9.17, 15) is 4.79 Å². The van der Waals surface area contributed by atoms with E-state index < -0.39 is 0 Å². The average Bonchev–Trinajstić information content (AvgIpc) is 3.12. The van der Waals surface area contributed by atoms with Crippen LogP contribution in [0.25, 0.3) is 0 Å². The molecule has 1 atom stereocenters. The standard InChI is InChI=1S/C15H18N4O.2ClH/c16-13-10-19(11-17-13)14(12-6-2-1-3-7-12)15(20)18-8-4-5-9-18;;/h1-3,6-7,10-11,14H,4-5,8-9,16H2;2*1H. The molecule has 1 fully saturated rings. The van der Waals surface area contributed by atoms with Gasteiger partial charge in [-0.25, -0.2) is 4.98 Å². The molecule has 3 rings (SSSR count). The monoisotopic (exact) mass is 342 g/mol. The van der Waals surface area contributed by atoms with Crippen LogP contribution in [0.3, 0.4) is 0 Å². The van der Waals surface area contributed by atoms with E-state index in [1.54, 1.807) is 17.1 Å². The highest BCUT2D eigenvalue weighted by Crippen LogP contribution is 2.23. The third-order valence-electron chi connectivity index (χ3n) is 3.69. The zero-order valence-electron chi connectivity index (χ0n) is 12.1. The second-order valence-electron chi connectivity index (χ2n) is 5.09. The first-order valence-corrected chi connectivity index (χ1v) is 6.88. The predicted octanol–water partition coefficient (Wildman–Crippen LogP) is 2.52. The number of nitrogens with zero attached hydrogens (tertiary/aromatic N) is 3. The quantitative estimate of drug-likeness (QED) is 0.931. The number of benzene rings is 1. The summed E-state index contributed by atoms with van der Waals surface area (Å²) in [6.07, 6.45) is 5.51. The SMILES string of the molecule is Cl.Cl.Nc1cn(C(C(=O)N2CCCC2)c2ccccc2)cn1. The smallest absolute Gasteiger partial charge is 0.250 e. The fourth-order valence-electron chi connectivity index (χ4n) is 2.68. The van der Waals surface area contributed by atoms with E-state index >= 15 is 0 Å². The van der Waals surface area contributed by atoms with Crippen LogP contribution >= 0.6 is 24.8 Å². The lowest BCUT2D eigenvalue weighted by molar-refractivity contribution is -0.132. The van der Waals surface area contributed by atoms with Crippen LogP contribution in [0, 0.1) is 0 Å². The number of aromatic nitrogens is 2. The summed E-state index contributed by atoms with van der Waals surface area (Å²) >= 11 is 0. The molecule has 0 spiro atoms. The molecule has 1 aliphatic heterocycles. The topological polar surface area (TPSA) is 64.2 Å². The molecule has 1 unspecified atom stereocenters. The Morgan fingerprint density at radius 3 is 2.32 bits per heavy atom. The van der Waals surface area contributed by atoms with Crippen LogP contribution in [0.15, 0.2) is 42.9 Å². The van der Waals surface area contributed by atoms with Crippen molar-refractivity contribution >= 4 is 36.5 Å². The highest BCUT2D eigenvalue weighted by atomic mass is 35.5. The molecule has 120 valence electrons. The van der Waals surface area contributed by atoms with Crippen molar-refractivity contribution in [1.29, 1.82) is 0 Å². The van der Waals surface area contributed by atoms with Gasteiger partial charge in [0, 0.05) is 19.3 Å². The van der Waals surface area contributed by atoms with Gasteiger partial charge in [0.2, 0.25) is 5.91 Å². The minimum absolute atomic E-state index is 0. The molecule has 1 aromatic carbocycles. The van der Waals surface area contributed by atoms with Crippen LogP contribution in [0.1, 0.15) is 24.4 Å². The molecule has 1 aromatic heterocycles. The molecular weight excluding hydrogens is 323 g/mol. The summed E-state index contributed by atoms with van der Waals surface area (Å²) in [5, 5.41) is 0. The van der Waals surface area contributed by atoms with Crippen LogP contribution in [-0.2, 0) is 4.79 Å². The number of carbonyl (C=O) groups excluding carboxylic acids is 1. The number of nitrogen functional groups attached to an aromatic ring is 1. The molecule has 0 radical (unpaired) electrons. The van der Waals surface area contributed by atoms with E-state index in [1.807, 2.05) is 35.2 Å². The average molecular weight is 343 g/mol. The zero-order chi connectivity index (χ0) is 13.9. The summed E-state index contributed by atoms with van der Waals surface area (Å²) in [4.78, 5) is 18.8. The summed E-state index contributed by atoms with van der Waals surface area (Å²) in [6, 6.07) is 9.39. The van der Waals surface area contributed by atoms with Crippen molar-refractivity contribution < 1.29 is 4.79 Å². The molecule has 2 N–H and O–H groups in total. The first-order chi connectivity index (χ1) is 9.75. The van der Waals surface area contributed by atoms with Crippen LogP contribution in [0.5, 0.6) is 0 Å². The Labute approximate surface area is 142 Å². The maximum Gasteiger partial charge on any atom is 0.250 e. The third-order valence-corrected chi connectivity index (χ3v) is 3.69. The number of amides is 1. The highest BCUT2D eigenvalue weighted by Gasteiger charge is 2.29. The number of carbonyl (C=O) groups is 1. The molecule has 0 saturated carbocycles. The molecular formula is C15H20Cl2N4O. The molecule has 7 heteroatoms. The second kappa shape index (κ2) is 8.06. The van der Waals surface area contributed by atoms with E-state index in [-0.39, 0.29) is 36.8 Å². The van der Waals surface area contributed by atoms with E-state index in [4.69, 9.17) is 5.73 Å². The molecule has 22 heavy (non-hydrogen) atoms. The maximum absolute atomic E-state index is 12.8. The Bertz CT molecular complexity index is 597. The molecule has 0 bridgehead atoms. The van der Waals surface area contributed by atoms with Gasteiger partial charge in [0.1, 0.15) is 11.9 Å². The molecule has 0 aliphatic carbocycles. The summed E-state index contributed by atoms with van der Waals surface area (Å²) in [7, 11) is 0. The highest BCUT2D eigenvalue weighted by molar-refractivity contribution is 5.85. The van der Waals surface area contributed by atoms with Gasteiger partial charge < -0.3 is 15.2 Å². The lowest BCUT2D eigenvalue weighted by Gasteiger charge is -2.24. The maximum atomic E-state index is 12.8. The number of hydrogen-bond acceptors (Lipinski definition) is 3. The number of anilines is 1. The van der Waals surface area contributed by atoms with Crippen molar-refractivity contribution in [1.82, 2.24) is 14.5 Å². The summed E-state index contributed by atoms with van der Waals surface area (Å²) in [6.45, 7) is 1.68. The van der Waals surface area contributed by atoms with Gasteiger partial charge in [0.05, 0.1) is 6.33 Å². The van der Waals surface area contributed by atoms with Crippen LogP contribution in [0.2, 0.25) is 0 Å². The number of imidazole rings is 1. The Hall–Kier alpha value is -1.72. The normalized spacial score (nSPS) is 14.8. The number of rotatable bonds is 3. The summed E-state index contributed by atoms with van der Waals surface area (Å²) < 4.78 is 1.80. The van der Waals surface area contributed by atoms with Crippen molar-refractivity contribution in [3.05, 3.63) is 48.4 Å². The van der Waals surface area contributed by atoms with Gasteiger partial charge in [0.25, 0.3) is 0 Å². The van der Waals surface area contributed by atoms with Crippen molar-refractivity contribution in [3.63, 3.8) is 0 Å². The number of halogens is 2. The number of likely N-dealkylation sites (tertiary alicyclic amines) is 1. The van der Waals surface area contributed by atoms with Gasteiger partial charge in [-0.2, -0.15) is 0 Å². The van der Waals surface area contributed by atoms with Gasteiger partial charge >= 0.3 is 0 Å². The first-order valence-electron chi connectivity index (χ1n) is 6.88. The Balaban J connectivity index is 0.00000121. The van der Waals surface area contributed by atoms with Gasteiger partial charge in [-0.3, -0.25) is 4.79 Å². The van der Waals surface area contributed by atoms with Crippen molar-refractivity contribution in [3.8, 4) is 0 Å². The second-order valence-corrected chi connectivity index (χ2v) is 5.09. The zero-order valence-corrected chi connectivity index (χ0v) is 13.7. The Kier molecular flexibility index (Phi) is 6.71. The molecule has 1 amide bonds. The van der Waals surface area contributed by atoms with E-state index in [2.05, 4.69) is 4.98 Å². The summed E-state index contributed by atoms with van der Waals surface area (Å²) in [5.74, 6) is 0.547. The summed E-state index contributed by atoms with van der Waals surface area (Å²) in [5.41, 5.74) is 6.65. The van der Waals surface area contributed by atoms with Gasteiger partial charge in [-0.1, -0.05) is 30.3 Å². The lowest BCUT2D eigenvalue weighted by Crippen LogP contribution is -2.35. The largest absolute Gasteiger partial charge is 0.382 e. The number of nitrogens with two attached hydrogens (primary N) is 1. The molecule has 2 heterocycles. The minimum Gasteiger partial charge on any atom is -0.382 e. The molecule has 2 aromatic rings. The van der Waals surface area contributed by atoms with Crippen molar-refractivity contribution in [2.24, 2.45) is 0 Å². The lowest BCUT2D eigenvalue weighted by atomic mass is 10.1. The van der Waals surface area contributed by atoms with Crippen LogP contribution < -0.4 is 5.73 Å². The first kappa shape index (κ1) is 18.3. The Morgan fingerprint density at radius 2 is 1.77 bits per heavy atom. The Morgan fingerprint density at radius 1 is 1.14 bits per heavy atom. The molecule has 1 saturated heterocycles. The van der Waals surface area contributed by atoms with Gasteiger partial charge in [0.15, 0.2) is 0 Å². The van der Waals surface area contributed by atoms with Gasteiger partial charge in [-0.15, -0.1) is 24.8 Å². The van der Waals surface area contributed by atoms with E-state index in [0.29, 0.717) is 5.82 Å². The minimum atomic E-state index is -0.376. The van der Waals surface area contributed by atoms with Crippen molar-refractivity contribution in [2.75, 3.05) is 18.8 Å². The fourth-order valence-corrected chi connectivity index (χ4v) is 2.68.